The molecule has 0 aromatic heterocycles. The van der Waals surface area contributed by atoms with Crippen molar-refractivity contribution in [3.05, 3.63) is 35.9 Å². The maximum Gasteiger partial charge on any atom is 0.313 e. The Bertz CT molecular complexity index is 467. The molecule has 0 aliphatic heterocycles. The van der Waals surface area contributed by atoms with Gasteiger partial charge < -0.3 is 9.84 Å². The third-order valence-corrected chi connectivity index (χ3v) is 4.35. The summed E-state index contributed by atoms with van der Waals surface area (Å²) in [5, 5.41) is 9.43. The van der Waals surface area contributed by atoms with Crippen LogP contribution in [0.3, 0.4) is 0 Å². The van der Waals surface area contributed by atoms with Crippen LogP contribution in [0.15, 0.2) is 30.3 Å². The average Bonchev–Trinajstić information content (AvgIpc) is 2.37. The van der Waals surface area contributed by atoms with Crippen LogP contribution in [0.5, 0.6) is 0 Å². The molecular weight excluding hydrogens is 264 g/mol. The zero-order chi connectivity index (χ0) is 15.5. The monoisotopic (exact) mass is 290 g/mol. The number of carboxylic acid groups (broad SMARTS) is 1. The van der Waals surface area contributed by atoms with Gasteiger partial charge in [0.25, 0.3) is 0 Å². The fourth-order valence-corrected chi connectivity index (χ4v) is 3.61. The number of carbonyl (C=O) groups is 1. The Balaban J connectivity index is 1.98. The normalized spacial score (nSPS) is 26.2. The van der Waals surface area contributed by atoms with E-state index < -0.39 is 11.9 Å². The zero-order valence-corrected chi connectivity index (χ0v) is 13.2. The summed E-state index contributed by atoms with van der Waals surface area (Å²) < 4.78 is 5.99. The Morgan fingerprint density at radius 1 is 1.33 bits per heavy atom. The lowest BCUT2D eigenvalue weighted by Gasteiger charge is -2.39. The maximum atomic E-state index is 11.5. The first kappa shape index (κ1) is 16.0. The number of benzene rings is 1. The first-order valence-electron chi connectivity index (χ1n) is 7.77. The van der Waals surface area contributed by atoms with Crippen molar-refractivity contribution < 1.29 is 14.6 Å². The van der Waals surface area contributed by atoms with E-state index in [-0.39, 0.29) is 18.1 Å². The van der Waals surface area contributed by atoms with E-state index in [0.717, 1.165) is 18.4 Å². The molecule has 3 nitrogen and oxygen atoms in total. The van der Waals surface area contributed by atoms with E-state index in [9.17, 15) is 9.90 Å². The fraction of sp³-hybridized carbons (Fsp3) is 0.611. The molecule has 21 heavy (non-hydrogen) atoms. The molecule has 1 N–H and O–H groups in total. The zero-order valence-electron chi connectivity index (χ0n) is 13.2. The Hall–Kier alpha value is -1.35. The molecule has 1 aliphatic carbocycles. The minimum Gasteiger partial charge on any atom is -0.481 e. The molecule has 1 saturated carbocycles. The predicted octanol–water partition coefficient (Wildman–Crippen LogP) is 4.09. The summed E-state index contributed by atoms with van der Waals surface area (Å²) in [6, 6.07) is 9.36. The van der Waals surface area contributed by atoms with Crippen molar-refractivity contribution in [2.75, 3.05) is 6.61 Å². The number of carboxylic acids is 1. The molecule has 0 spiro atoms. The highest BCUT2D eigenvalue weighted by atomic mass is 16.5. The molecule has 1 aromatic carbocycles. The second-order valence-corrected chi connectivity index (χ2v) is 7.17. The van der Waals surface area contributed by atoms with Gasteiger partial charge in [-0.25, -0.2) is 0 Å². The van der Waals surface area contributed by atoms with Gasteiger partial charge in [0.15, 0.2) is 0 Å². The average molecular weight is 290 g/mol. The van der Waals surface area contributed by atoms with Crippen molar-refractivity contribution >= 4 is 5.97 Å². The van der Waals surface area contributed by atoms with Gasteiger partial charge in [-0.05, 0) is 36.2 Å². The molecule has 0 amide bonds. The highest BCUT2D eigenvalue weighted by molar-refractivity contribution is 5.76. The van der Waals surface area contributed by atoms with Crippen molar-refractivity contribution in [2.24, 2.45) is 11.3 Å². The highest BCUT2D eigenvalue weighted by Gasteiger charge is 2.33. The van der Waals surface area contributed by atoms with E-state index in [4.69, 9.17) is 4.74 Å². The molecule has 1 aliphatic rings. The minimum atomic E-state index is -0.815. The van der Waals surface area contributed by atoms with Crippen LogP contribution < -0.4 is 0 Å². The van der Waals surface area contributed by atoms with Gasteiger partial charge in [0, 0.05) is 0 Å². The summed E-state index contributed by atoms with van der Waals surface area (Å²) in [5.74, 6) is -0.755. The van der Waals surface area contributed by atoms with Crippen LogP contribution in [0.4, 0.5) is 0 Å². The molecule has 0 radical (unpaired) electrons. The van der Waals surface area contributed by atoms with E-state index in [1.807, 2.05) is 30.3 Å². The van der Waals surface area contributed by atoms with E-state index >= 15 is 0 Å². The Kier molecular flexibility index (Phi) is 5.04. The summed E-state index contributed by atoms with van der Waals surface area (Å²) in [6.07, 6.45) is 3.44. The number of hydrogen-bond acceptors (Lipinski definition) is 2. The molecule has 0 saturated heterocycles. The second-order valence-electron chi connectivity index (χ2n) is 7.17. The molecule has 0 bridgehead atoms. The van der Waals surface area contributed by atoms with Crippen LogP contribution in [0.25, 0.3) is 0 Å². The van der Waals surface area contributed by atoms with E-state index in [2.05, 4.69) is 20.8 Å². The fourth-order valence-electron chi connectivity index (χ4n) is 3.61. The van der Waals surface area contributed by atoms with Crippen molar-refractivity contribution in [1.82, 2.24) is 0 Å². The number of hydrogen-bond donors (Lipinski definition) is 1. The van der Waals surface area contributed by atoms with E-state index in [1.54, 1.807) is 0 Å². The van der Waals surface area contributed by atoms with Crippen LogP contribution in [-0.4, -0.2) is 23.8 Å². The van der Waals surface area contributed by atoms with E-state index in [1.165, 1.54) is 6.42 Å². The molecular formula is C18H26O3. The van der Waals surface area contributed by atoms with Crippen molar-refractivity contribution in [3.8, 4) is 0 Å². The Morgan fingerprint density at radius 2 is 2.00 bits per heavy atom. The third kappa shape index (κ3) is 4.57. The van der Waals surface area contributed by atoms with Gasteiger partial charge in [0.1, 0.15) is 5.92 Å². The quantitative estimate of drug-likeness (QED) is 0.888. The number of rotatable bonds is 5. The standard InChI is InChI=1S/C18H26O3/c1-13-9-15(11-18(2,3)10-13)21-12-16(17(19)20)14-7-5-4-6-8-14/h4-8,13,15-16H,9-12H2,1-3H3,(H,19,20). The van der Waals surface area contributed by atoms with Gasteiger partial charge in [0.05, 0.1) is 12.7 Å². The largest absolute Gasteiger partial charge is 0.481 e. The summed E-state index contributed by atoms with van der Waals surface area (Å²) >= 11 is 0. The van der Waals surface area contributed by atoms with Crippen LogP contribution in [0.1, 0.15) is 51.5 Å². The highest BCUT2D eigenvalue weighted by Crippen LogP contribution is 2.40. The second kappa shape index (κ2) is 6.61. The number of ether oxygens (including phenoxy) is 1. The van der Waals surface area contributed by atoms with Gasteiger partial charge in [-0.1, -0.05) is 51.1 Å². The molecule has 1 fully saturated rings. The first-order chi connectivity index (χ1) is 9.87. The first-order valence-corrected chi connectivity index (χ1v) is 7.77. The molecule has 1 aromatic rings. The predicted molar refractivity (Wildman–Crippen MR) is 83.4 cm³/mol. The molecule has 0 heterocycles. The van der Waals surface area contributed by atoms with E-state index in [0.29, 0.717) is 5.92 Å². The Labute approximate surface area is 127 Å². The summed E-state index contributed by atoms with van der Waals surface area (Å²) in [7, 11) is 0. The molecule has 3 unspecified atom stereocenters. The molecule has 2 rings (SSSR count). The van der Waals surface area contributed by atoms with Gasteiger partial charge in [-0.15, -0.1) is 0 Å². The summed E-state index contributed by atoms with van der Waals surface area (Å²) in [5.41, 5.74) is 1.10. The third-order valence-electron chi connectivity index (χ3n) is 4.35. The SMILES string of the molecule is CC1CC(OCC(C(=O)O)c2ccccc2)CC(C)(C)C1. The smallest absolute Gasteiger partial charge is 0.313 e. The molecule has 3 atom stereocenters. The Morgan fingerprint density at radius 3 is 2.57 bits per heavy atom. The maximum absolute atomic E-state index is 11.5. The lowest BCUT2D eigenvalue weighted by Crippen LogP contribution is -2.34. The van der Waals surface area contributed by atoms with Gasteiger partial charge in [-0.3, -0.25) is 4.79 Å². The lowest BCUT2D eigenvalue weighted by molar-refractivity contribution is -0.141. The lowest BCUT2D eigenvalue weighted by atomic mass is 9.71. The number of aliphatic carboxylic acids is 1. The van der Waals surface area contributed by atoms with Gasteiger partial charge >= 0.3 is 5.97 Å². The molecule has 3 heteroatoms. The van der Waals surface area contributed by atoms with Crippen LogP contribution >= 0.6 is 0 Å². The minimum absolute atomic E-state index is 0.175. The van der Waals surface area contributed by atoms with Crippen LogP contribution in [-0.2, 0) is 9.53 Å². The van der Waals surface area contributed by atoms with Gasteiger partial charge in [0.2, 0.25) is 0 Å². The van der Waals surface area contributed by atoms with Gasteiger partial charge in [-0.2, -0.15) is 0 Å². The summed E-state index contributed by atoms with van der Waals surface area (Å²) in [6.45, 7) is 7.05. The van der Waals surface area contributed by atoms with Crippen molar-refractivity contribution in [1.29, 1.82) is 0 Å². The van der Waals surface area contributed by atoms with Crippen molar-refractivity contribution in [2.45, 2.75) is 52.1 Å². The topological polar surface area (TPSA) is 46.5 Å². The summed E-state index contributed by atoms with van der Waals surface area (Å²) in [4.78, 5) is 11.5. The van der Waals surface area contributed by atoms with Crippen LogP contribution in [0.2, 0.25) is 0 Å². The molecule has 116 valence electrons. The van der Waals surface area contributed by atoms with Crippen molar-refractivity contribution in [3.63, 3.8) is 0 Å². The van der Waals surface area contributed by atoms with Crippen LogP contribution in [0, 0.1) is 11.3 Å².